The first-order chi connectivity index (χ1) is 13.9. The summed E-state index contributed by atoms with van der Waals surface area (Å²) in [5, 5.41) is 17.1. The summed E-state index contributed by atoms with van der Waals surface area (Å²) >= 11 is 16.8. The molecule has 0 aliphatic carbocycles. The Balaban J connectivity index is 1.55. The third-order valence-electron chi connectivity index (χ3n) is 4.10. The zero-order valence-electron chi connectivity index (χ0n) is 14.9. The third kappa shape index (κ3) is 4.25. The SMILES string of the molecule is CC1=NN(c2nc(-c3ccc(Br)cc3)cs2)C(=O)[C@H]1N=Nc1cc(Cl)ccc1Cl. The summed E-state index contributed by atoms with van der Waals surface area (Å²) in [5.41, 5.74) is 2.64. The number of carbonyl (C=O) groups excluding carboxylic acids is 1. The molecule has 0 fully saturated rings. The van der Waals surface area contributed by atoms with Gasteiger partial charge >= 0.3 is 0 Å². The molecule has 0 radical (unpaired) electrons. The van der Waals surface area contributed by atoms with E-state index in [1.54, 1.807) is 25.1 Å². The molecule has 1 aliphatic heterocycles. The van der Waals surface area contributed by atoms with Crippen molar-refractivity contribution in [1.29, 1.82) is 0 Å². The third-order valence-corrected chi connectivity index (χ3v) is 6.00. The van der Waals surface area contributed by atoms with Gasteiger partial charge in [0.05, 0.1) is 16.4 Å². The number of carbonyl (C=O) groups is 1. The van der Waals surface area contributed by atoms with Crippen LogP contribution < -0.4 is 5.01 Å². The van der Waals surface area contributed by atoms with Gasteiger partial charge < -0.3 is 0 Å². The number of amides is 1. The van der Waals surface area contributed by atoms with Gasteiger partial charge in [-0.2, -0.15) is 20.3 Å². The summed E-state index contributed by atoms with van der Waals surface area (Å²) in [4.78, 5) is 17.4. The molecule has 0 N–H and O–H groups in total. The van der Waals surface area contributed by atoms with Crippen LogP contribution in [0.3, 0.4) is 0 Å². The molecule has 0 spiro atoms. The van der Waals surface area contributed by atoms with E-state index in [1.165, 1.54) is 16.3 Å². The highest BCUT2D eigenvalue weighted by Crippen LogP contribution is 2.32. The van der Waals surface area contributed by atoms with Crippen molar-refractivity contribution in [1.82, 2.24) is 4.98 Å². The number of hydrogen-bond acceptors (Lipinski definition) is 6. The largest absolute Gasteiger partial charge is 0.282 e. The highest BCUT2D eigenvalue weighted by Gasteiger charge is 2.36. The van der Waals surface area contributed by atoms with Crippen molar-refractivity contribution >= 4 is 72.9 Å². The van der Waals surface area contributed by atoms with Crippen molar-refractivity contribution in [2.75, 3.05) is 5.01 Å². The zero-order chi connectivity index (χ0) is 20.5. The fourth-order valence-corrected chi connectivity index (χ4v) is 4.00. The van der Waals surface area contributed by atoms with Gasteiger partial charge in [-0.25, -0.2) is 4.98 Å². The Bertz CT molecular complexity index is 1150. The first-order valence-electron chi connectivity index (χ1n) is 8.39. The normalized spacial score (nSPS) is 16.7. The molecule has 2 aromatic carbocycles. The van der Waals surface area contributed by atoms with Crippen molar-refractivity contribution in [2.45, 2.75) is 13.0 Å². The van der Waals surface area contributed by atoms with Gasteiger partial charge in [-0.3, -0.25) is 4.79 Å². The number of nitrogens with zero attached hydrogens (tertiary/aromatic N) is 5. The van der Waals surface area contributed by atoms with E-state index < -0.39 is 6.04 Å². The van der Waals surface area contributed by atoms with Gasteiger partial charge in [0, 0.05) is 20.4 Å². The summed E-state index contributed by atoms with van der Waals surface area (Å²) < 4.78 is 0.986. The Morgan fingerprint density at radius 1 is 1.17 bits per heavy atom. The summed E-state index contributed by atoms with van der Waals surface area (Å²) in [5.74, 6) is -0.318. The van der Waals surface area contributed by atoms with E-state index in [2.05, 4.69) is 36.2 Å². The summed E-state index contributed by atoms with van der Waals surface area (Å²) in [6, 6.07) is 11.8. The lowest BCUT2D eigenvalue weighted by Crippen LogP contribution is -2.29. The minimum Gasteiger partial charge on any atom is -0.269 e. The smallest absolute Gasteiger partial charge is 0.269 e. The van der Waals surface area contributed by atoms with Crippen molar-refractivity contribution in [3.63, 3.8) is 0 Å². The van der Waals surface area contributed by atoms with Crippen LogP contribution in [-0.2, 0) is 4.79 Å². The average Bonchev–Trinajstić information content (AvgIpc) is 3.28. The second-order valence-corrected chi connectivity index (χ2v) is 8.72. The molecule has 1 atom stereocenters. The highest BCUT2D eigenvalue weighted by atomic mass is 79.9. The van der Waals surface area contributed by atoms with Crippen LogP contribution in [0.5, 0.6) is 0 Å². The van der Waals surface area contributed by atoms with Crippen LogP contribution in [0.1, 0.15) is 6.92 Å². The molecule has 1 aromatic heterocycles. The molecule has 3 aromatic rings. The molecule has 6 nitrogen and oxygen atoms in total. The number of thiazole rings is 1. The highest BCUT2D eigenvalue weighted by molar-refractivity contribution is 9.10. The summed E-state index contributed by atoms with van der Waals surface area (Å²) in [7, 11) is 0. The molecule has 4 rings (SSSR count). The van der Waals surface area contributed by atoms with E-state index in [0.717, 1.165) is 15.7 Å². The fourth-order valence-electron chi connectivity index (χ4n) is 2.62. The molecule has 1 aliphatic rings. The number of aromatic nitrogens is 1. The lowest BCUT2D eigenvalue weighted by molar-refractivity contribution is -0.117. The van der Waals surface area contributed by atoms with Gasteiger partial charge in [0.25, 0.3) is 5.91 Å². The Labute approximate surface area is 189 Å². The van der Waals surface area contributed by atoms with Gasteiger partial charge in [0.15, 0.2) is 6.04 Å². The zero-order valence-corrected chi connectivity index (χ0v) is 18.8. The van der Waals surface area contributed by atoms with Crippen molar-refractivity contribution in [3.05, 3.63) is 62.4 Å². The van der Waals surface area contributed by atoms with Crippen LogP contribution in [-0.4, -0.2) is 22.6 Å². The quantitative estimate of drug-likeness (QED) is 0.365. The molecule has 146 valence electrons. The van der Waals surface area contributed by atoms with Gasteiger partial charge in [-0.05, 0) is 37.3 Å². The molecular formula is C19H12BrCl2N5OS. The molecular weight excluding hydrogens is 497 g/mol. The second-order valence-electron chi connectivity index (χ2n) is 6.13. The predicted octanol–water partition coefficient (Wildman–Crippen LogP) is 6.75. The Morgan fingerprint density at radius 2 is 1.93 bits per heavy atom. The molecule has 1 amide bonds. The van der Waals surface area contributed by atoms with Gasteiger partial charge in [-0.15, -0.1) is 11.3 Å². The topological polar surface area (TPSA) is 70.3 Å². The first kappa shape index (κ1) is 20.2. The monoisotopic (exact) mass is 507 g/mol. The van der Waals surface area contributed by atoms with Gasteiger partial charge in [0.1, 0.15) is 5.69 Å². The number of hydrazone groups is 1. The van der Waals surface area contributed by atoms with Crippen molar-refractivity contribution < 1.29 is 4.79 Å². The molecule has 0 saturated carbocycles. The number of azo groups is 1. The van der Waals surface area contributed by atoms with Crippen LogP contribution in [0.4, 0.5) is 10.8 Å². The number of benzene rings is 2. The lowest BCUT2D eigenvalue weighted by atomic mass is 10.2. The average molecular weight is 509 g/mol. The van der Waals surface area contributed by atoms with E-state index in [9.17, 15) is 4.79 Å². The van der Waals surface area contributed by atoms with Crippen LogP contribution in [0.25, 0.3) is 11.3 Å². The lowest BCUT2D eigenvalue weighted by Gasteiger charge is -2.08. The Morgan fingerprint density at radius 3 is 2.69 bits per heavy atom. The first-order valence-corrected chi connectivity index (χ1v) is 10.8. The fraction of sp³-hybridized carbons (Fsp3) is 0.105. The molecule has 0 saturated heterocycles. The maximum atomic E-state index is 12.8. The van der Waals surface area contributed by atoms with E-state index >= 15 is 0 Å². The van der Waals surface area contributed by atoms with Crippen LogP contribution >= 0.6 is 50.5 Å². The minimum atomic E-state index is -0.829. The summed E-state index contributed by atoms with van der Waals surface area (Å²) in [6.07, 6.45) is 0. The maximum absolute atomic E-state index is 12.8. The molecule has 0 bridgehead atoms. The van der Waals surface area contributed by atoms with E-state index in [1.807, 2.05) is 29.6 Å². The molecule has 2 heterocycles. The Hall–Kier alpha value is -2.13. The second kappa shape index (κ2) is 8.31. The number of hydrogen-bond donors (Lipinski definition) is 0. The van der Waals surface area contributed by atoms with Gasteiger partial charge in [0.2, 0.25) is 5.13 Å². The predicted molar refractivity (Wildman–Crippen MR) is 121 cm³/mol. The molecule has 29 heavy (non-hydrogen) atoms. The maximum Gasteiger partial charge on any atom is 0.282 e. The van der Waals surface area contributed by atoms with Crippen molar-refractivity contribution in [2.24, 2.45) is 15.3 Å². The van der Waals surface area contributed by atoms with Gasteiger partial charge in [-0.1, -0.05) is 51.3 Å². The Kier molecular flexibility index (Phi) is 5.78. The van der Waals surface area contributed by atoms with Crippen LogP contribution in [0.2, 0.25) is 10.0 Å². The minimum absolute atomic E-state index is 0.318. The van der Waals surface area contributed by atoms with E-state index in [0.29, 0.717) is 26.6 Å². The standard InChI is InChI=1S/C19H12BrCl2N5OS/c1-10-17(25-24-15-8-13(21)6-7-14(15)22)18(28)27(26-10)19-23-16(9-29-19)11-2-4-12(20)5-3-11/h2-9,17H,1H3/t17-/m0/s1. The number of rotatable bonds is 4. The number of halogens is 3. The number of anilines is 1. The van der Waals surface area contributed by atoms with Crippen LogP contribution in [0.15, 0.2) is 67.6 Å². The summed E-state index contributed by atoms with van der Waals surface area (Å²) in [6.45, 7) is 1.73. The molecule has 0 unspecified atom stereocenters. The van der Waals surface area contributed by atoms with Crippen molar-refractivity contribution in [3.8, 4) is 11.3 Å². The molecule has 10 heteroatoms. The van der Waals surface area contributed by atoms with Crippen LogP contribution in [0, 0.1) is 0 Å². The van der Waals surface area contributed by atoms with E-state index in [4.69, 9.17) is 23.2 Å². The van der Waals surface area contributed by atoms with E-state index in [-0.39, 0.29) is 5.91 Å².